The monoisotopic (exact) mass is 619 g/mol. The van der Waals surface area contributed by atoms with E-state index in [4.69, 9.17) is 0 Å². The lowest BCUT2D eigenvalue weighted by Crippen LogP contribution is -2.60. The number of aliphatic hydroxyl groups is 1. The fourth-order valence-electron chi connectivity index (χ4n) is 5.48. The average Bonchev–Trinajstić information content (AvgIpc) is 3.09. The maximum absolute atomic E-state index is 14.0. The van der Waals surface area contributed by atoms with Crippen molar-refractivity contribution in [2.45, 2.75) is 64.3 Å². The van der Waals surface area contributed by atoms with E-state index in [1.54, 1.807) is 0 Å². The zero-order valence-electron chi connectivity index (χ0n) is 26.6. The minimum Gasteiger partial charge on any atom is -0.390 e. The molecular weight excluding hydrogens is 574 g/mol. The first-order valence-corrected chi connectivity index (χ1v) is 16.1. The lowest BCUT2D eigenvalue weighted by atomic mass is 9.91. The van der Waals surface area contributed by atoms with Gasteiger partial charge in [-0.1, -0.05) is 142 Å². The van der Waals surface area contributed by atoms with Crippen molar-refractivity contribution < 1.29 is 19.5 Å². The quantitative estimate of drug-likeness (QED) is 0.141. The molecule has 3 amide bonds. The standard InChI is InChI=1S/C39H45N3O4/c1-3-28(2)35(38(45)40-27-32-22-14-7-15-23-32)41-39(46)36(34(43)26-31-20-12-6-13-21-31)42-37(44)33(24-29-16-8-4-9-17-29)25-30-18-10-5-11-19-30/h4-23,28,33-36,43H,3,24-27H2,1-2H3,(H,40,45)(H,41,46)(H,42,44)/t28-,34-,35-,36+/m0/s1. The number of carbonyl (C=O) groups excluding carboxylic acids is 3. The molecule has 0 spiro atoms. The van der Waals surface area contributed by atoms with Crippen molar-refractivity contribution >= 4 is 17.7 Å². The smallest absolute Gasteiger partial charge is 0.245 e. The van der Waals surface area contributed by atoms with Gasteiger partial charge in [0, 0.05) is 18.9 Å². The third-order valence-corrected chi connectivity index (χ3v) is 8.38. The highest BCUT2D eigenvalue weighted by Gasteiger charge is 2.35. The third-order valence-electron chi connectivity index (χ3n) is 8.38. The van der Waals surface area contributed by atoms with E-state index in [0.717, 1.165) is 22.3 Å². The van der Waals surface area contributed by atoms with Crippen LogP contribution in [0.2, 0.25) is 0 Å². The maximum Gasteiger partial charge on any atom is 0.245 e. The highest BCUT2D eigenvalue weighted by molar-refractivity contribution is 5.93. The third kappa shape index (κ3) is 10.4. The van der Waals surface area contributed by atoms with Crippen LogP contribution >= 0.6 is 0 Å². The summed E-state index contributed by atoms with van der Waals surface area (Å²) in [7, 11) is 0. The summed E-state index contributed by atoms with van der Waals surface area (Å²) in [5, 5.41) is 20.2. The number of hydrogen-bond acceptors (Lipinski definition) is 4. The Balaban J connectivity index is 1.56. The van der Waals surface area contributed by atoms with Gasteiger partial charge in [-0.3, -0.25) is 14.4 Å². The zero-order chi connectivity index (χ0) is 32.7. The summed E-state index contributed by atoms with van der Waals surface area (Å²) in [6.07, 6.45) is 0.480. The van der Waals surface area contributed by atoms with Gasteiger partial charge in [0.05, 0.1) is 6.10 Å². The van der Waals surface area contributed by atoms with E-state index in [1.165, 1.54) is 0 Å². The summed E-state index contributed by atoms with van der Waals surface area (Å²) in [6, 6.07) is 36.3. The van der Waals surface area contributed by atoms with Crippen molar-refractivity contribution in [3.63, 3.8) is 0 Å². The summed E-state index contributed by atoms with van der Waals surface area (Å²) < 4.78 is 0. The first-order valence-electron chi connectivity index (χ1n) is 16.1. The second kappa shape index (κ2) is 17.7. The van der Waals surface area contributed by atoms with Crippen LogP contribution in [0.5, 0.6) is 0 Å². The van der Waals surface area contributed by atoms with Gasteiger partial charge in [-0.2, -0.15) is 0 Å². The van der Waals surface area contributed by atoms with Crippen LogP contribution in [-0.2, 0) is 40.2 Å². The van der Waals surface area contributed by atoms with Gasteiger partial charge in [0.2, 0.25) is 17.7 Å². The Morgan fingerprint density at radius 2 is 0.978 bits per heavy atom. The Morgan fingerprint density at radius 3 is 1.43 bits per heavy atom. The molecule has 0 heterocycles. The topological polar surface area (TPSA) is 108 Å². The molecule has 4 atom stereocenters. The number of hydrogen-bond donors (Lipinski definition) is 4. The lowest BCUT2D eigenvalue weighted by Gasteiger charge is -2.30. The molecule has 0 saturated heterocycles. The van der Waals surface area contributed by atoms with E-state index in [0.29, 0.717) is 25.8 Å². The van der Waals surface area contributed by atoms with Crippen LogP contribution in [0.25, 0.3) is 0 Å². The normalized spacial score (nSPS) is 13.7. The van der Waals surface area contributed by atoms with Gasteiger partial charge in [-0.05, 0) is 41.0 Å². The SMILES string of the molecule is CC[C@H](C)[C@H](NC(=O)[C@H](NC(=O)C(Cc1ccccc1)Cc1ccccc1)[C@@H](O)Cc1ccccc1)C(=O)NCc1ccccc1. The lowest BCUT2D eigenvalue weighted by molar-refractivity contribution is -0.136. The summed E-state index contributed by atoms with van der Waals surface area (Å²) in [5.74, 6) is -1.95. The Kier molecular flexibility index (Phi) is 13.1. The zero-order valence-corrected chi connectivity index (χ0v) is 26.6. The van der Waals surface area contributed by atoms with E-state index >= 15 is 0 Å². The molecule has 4 N–H and O–H groups in total. The molecule has 7 heteroatoms. The molecule has 240 valence electrons. The van der Waals surface area contributed by atoms with E-state index in [1.807, 2.05) is 135 Å². The molecule has 46 heavy (non-hydrogen) atoms. The van der Waals surface area contributed by atoms with Crippen LogP contribution in [0.4, 0.5) is 0 Å². The van der Waals surface area contributed by atoms with Gasteiger partial charge in [-0.15, -0.1) is 0 Å². The minimum atomic E-state index is -1.28. The number of benzene rings is 4. The number of nitrogens with one attached hydrogen (secondary N) is 3. The van der Waals surface area contributed by atoms with E-state index in [9.17, 15) is 19.5 Å². The van der Waals surface area contributed by atoms with Gasteiger partial charge in [0.15, 0.2) is 0 Å². The summed E-state index contributed by atoms with van der Waals surface area (Å²) >= 11 is 0. The van der Waals surface area contributed by atoms with Crippen molar-refractivity contribution in [3.05, 3.63) is 144 Å². The molecule has 0 aromatic heterocycles. The summed E-state index contributed by atoms with van der Waals surface area (Å²) in [6.45, 7) is 4.17. The van der Waals surface area contributed by atoms with Gasteiger partial charge in [0.1, 0.15) is 12.1 Å². The number of amides is 3. The fourth-order valence-corrected chi connectivity index (χ4v) is 5.48. The first-order chi connectivity index (χ1) is 22.3. The van der Waals surface area contributed by atoms with Gasteiger partial charge in [0.25, 0.3) is 0 Å². The number of carbonyl (C=O) groups is 3. The van der Waals surface area contributed by atoms with Crippen LogP contribution < -0.4 is 16.0 Å². The summed E-state index contributed by atoms with van der Waals surface area (Å²) in [5.41, 5.74) is 3.76. The predicted octanol–water partition coefficient (Wildman–Crippen LogP) is 5.02. The molecule has 0 aliphatic carbocycles. The Hall–Kier alpha value is -4.75. The van der Waals surface area contributed by atoms with Gasteiger partial charge < -0.3 is 21.1 Å². The highest BCUT2D eigenvalue weighted by Crippen LogP contribution is 2.17. The van der Waals surface area contributed by atoms with Crippen molar-refractivity contribution in [3.8, 4) is 0 Å². The molecule has 4 aromatic carbocycles. The van der Waals surface area contributed by atoms with Crippen molar-refractivity contribution in [2.24, 2.45) is 11.8 Å². The second-order valence-corrected chi connectivity index (χ2v) is 11.9. The fraction of sp³-hybridized carbons (Fsp3) is 0.308. The van der Waals surface area contributed by atoms with Crippen LogP contribution in [0.15, 0.2) is 121 Å². The Labute approximate surface area is 272 Å². The summed E-state index contributed by atoms with van der Waals surface area (Å²) in [4.78, 5) is 41.4. The predicted molar refractivity (Wildman–Crippen MR) is 182 cm³/mol. The van der Waals surface area contributed by atoms with Crippen molar-refractivity contribution in [1.82, 2.24) is 16.0 Å². The van der Waals surface area contributed by atoms with E-state index in [-0.39, 0.29) is 24.2 Å². The average molecular weight is 620 g/mol. The number of aliphatic hydroxyl groups excluding tert-OH is 1. The second-order valence-electron chi connectivity index (χ2n) is 11.9. The Morgan fingerprint density at radius 1 is 0.565 bits per heavy atom. The molecule has 0 aliphatic rings. The molecule has 0 fully saturated rings. The highest BCUT2D eigenvalue weighted by atomic mass is 16.3. The molecule has 4 rings (SSSR count). The first kappa shape index (κ1) is 34.1. The van der Waals surface area contributed by atoms with Crippen LogP contribution in [0.3, 0.4) is 0 Å². The maximum atomic E-state index is 14.0. The molecule has 0 bridgehead atoms. The van der Waals surface area contributed by atoms with Crippen LogP contribution in [0, 0.1) is 11.8 Å². The minimum absolute atomic E-state index is 0.148. The molecule has 0 radical (unpaired) electrons. The van der Waals surface area contributed by atoms with Crippen LogP contribution in [0.1, 0.15) is 42.5 Å². The molecule has 0 saturated carbocycles. The van der Waals surface area contributed by atoms with E-state index < -0.39 is 30.0 Å². The van der Waals surface area contributed by atoms with Gasteiger partial charge >= 0.3 is 0 Å². The van der Waals surface area contributed by atoms with Crippen molar-refractivity contribution in [1.29, 1.82) is 0 Å². The molecule has 0 aliphatic heterocycles. The van der Waals surface area contributed by atoms with Crippen molar-refractivity contribution in [2.75, 3.05) is 0 Å². The number of rotatable bonds is 16. The molecular formula is C39H45N3O4. The molecule has 0 unspecified atom stereocenters. The molecule has 4 aromatic rings. The van der Waals surface area contributed by atoms with Crippen LogP contribution in [-0.4, -0.2) is 41.0 Å². The van der Waals surface area contributed by atoms with E-state index in [2.05, 4.69) is 16.0 Å². The van der Waals surface area contributed by atoms with Gasteiger partial charge in [-0.25, -0.2) is 0 Å². The molecule has 7 nitrogen and oxygen atoms in total. The Bertz CT molecular complexity index is 1460. The largest absolute Gasteiger partial charge is 0.390 e.